The van der Waals surface area contributed by atoms with Crippen LogP contribution in [0.25, 0.3) is 0 Å². The Balaban J connectivity index is 1.60. The summed E-state index contributed by atoms with van der Waals surface area (Å²) in [5.74, 6) is 0. The van der Waals surface area contributed by atoms with E-state index >= 15 is 0 Å². The van der Waals surface area contributed by atoms with Gasteiger partial charge in [-0.25, -0.2) is 9.78 Å². The fourth-order valence-corrected chi connectivity index (χ4v) is 2.17. The normalized spacial score (nSPS) is 17.8. The molecule has 1 fully saturated rings. The van der Waals surface area contributed by atoms with Crippen LogP contribution in [0.5, 0.6) is 0 Å². The molecule has 1 heterocycles. The van der Waals surface area contributed by atoms with E-state index in [1.807, 2.05) is 0 Å². The summed E-state index contributed by atoms with van der Waals surface area (Å²) in [7, 11) is 0. The Morgan fingerprint density at radius 3 is 1.84 bits per heavy atom. The molecule has 0 aromatic carbocycles. The van der Waals surface area contributed by atoms with Crippen LogP contribution < -0.4 is 0 Å². The summed E-state index contributed by atoms with van der Waals surface area (Å²) in [5, 5.41) is 0. The van der Waals surface area contributed by atoms with Gasteiger partial charge in [-0.2, -0.15) is 0 Å². The number of hydrogen-bond acceptors (Lipinski definition) is 3. The van der Waals surface area contributed by atoms with Crippen molar-refractivity contribution in [3.63, 3.8) is 0 Å². The lowest BCUT2D eigenvalue weighted by molar-refractivity contribution is -0.296. The molecule has 1 saturated heterocycles. The van der Waals surface area contributed by atoms with E-state index in [0.717, 1.165) is 19.6 Å². The summed E-state index contributed by atoms with van der Waals surface area (Å²) >= 11 is 0. The molecule has 114 valence electrons. The molecule has 1 unspecified atom stereocenters. The van der Waals surface area contributed by atoms with Gasteiger partial charge in [0.1, 0.15) is 12.7 Å². The van der Waals surface area contributed by atoms with Crippen molar-refractivity contribution in [1.29, 1.82) is 0 Å². The van der Waals surface area contributed by atoms with Gasteiger partial charge in [0.25, 0.3) is 0 Å². The van der Waals surface area contributed by atoms with Crippen molar-refractivity contribution >= 4 is 0 Å². The molecule has 1 aliphatic rings. The smallest absolute Gasteiger partial charge is 0.111 e. The number of rotatable bonds is 15. The second kappa shape index (κ2) is 12.9. The highest BCUT2D eigenvalue weighted by molar-refractivity contribution is 4.66. The van der Waals surface area contributed by atoms with Gasteiger partial charge in [0, 0.05) is 0 Å². The van der Waals surface area contributed by atoms with Crippen LogP contribution in [0.3, 0.4) is 0 Å². The van der Waals surface area contributed by atoms with Crippen molar-refractivity contribution in [2.24, 2.45) is 0 Å². The summed E-state index contributed by atoms with van der Waals surface area (Å²) in [5.41, 5.74) is 0. The molecule has 0 bridgehead atoms. The molecule has 0 saturated carbocycles. The Hall–Kier alpha value is -0.120. The SMILES string of the molecule is CCCCCCCCCCCCCOOCC1CO1. The first kappa shape index (κ1) is 16.9. The topological polar surface area (TPSA) is 31.0 Å². The molecule has 0 spiro atoms. The van der Waals surface area contributed by atoms with E-state index in [2.05, 4.69) is 6.92 Å². The highest BCUT2D eigenvalue weighted by atomic mass is 17.2. The van der Waals surface area contributed by atoms with Crippen molar-refractivity contribution in [2.45, 2.75) is 83.7 Å². The van der Waals surface area contributed by atoms with Gasteiger partial charge >= 0.3 is 0 Å². The Bertz CT molecular complexity index is 181. The highest BCUT2D eigenvalue weighted by Crippen LogP contribution is 2.11. The molecule has 1 rings (SSSR count). The lowest BCUT2D eigenvalue weighted by Gasteiger charge is -2.03. The number of unbranched alkanes of at least 4 members (excludes halogenated alkanes) is 10. The molecule has 0 aromatic rings. The average molecular weight is 272 g/mol. The second-order valence-corrected chi connectivity index (χ2v) is 5.60. The number of ether oxygens (including phenoxy) is 1. The third-order valence-electron chi connectivity index (χ3n) is 3.57. The van der Waals surface area contributed by atoms with E-state index in [9.17, 15) is 0 Å². The van der Waals surface area contributed by atoms with Gasteiger partial charge < -0.3 is 4.74 Å². The number of epoxide rings is 1. The van der Waals surface area contributed by atoms with Gasteiger partial charge in [-0.1, -0.05) is 71.1 Å². The lowest BCUT2D eigenvalue weighted by Crippen LogP contribution is -2.03. The van der Waals surface area contributed by atoms with Gasteiger partial charge in [-0.15, -0.1) is 0 Å². The molecule has 19 heavy (non-hydrogen) atoms. The average Bonchev–Trinajstić information content (AvgIpc) is 3.23. The van der Waals surface area contributed by atoms with Crippen molar-refractivity contribution < 1.29 is 14.5 Å². The van der Waals surface area contributed by atoms with Gasteiger partial charge in [0.15, 0.2) is 0 Å². The Morgan fingerprint density at radius 1 is 0.789 bits per heavy atom. The largest absolute Gasteiger partial charge is 0.370 e. The zero-order valence-corrected chi connectivity index (χ0v) is 12.7. The lowest BCUT2D eigenvalue weighted by atomic mass is 10.1. The molecular formula is C16H32O3. The predicted molar refractivity (Wildman–Crippen MR) is 78.1 cm³/mol. The molecule has 3 nitrogen and oxygen atoms in total. The van der Waals surface area contributed by atoms with E-state index in [1.54, 1.807) is 0 Å². The molecule has 0 amide bonds. The Labute approximate surface area is 118 Å². The van der Waals surface area contributed by atoms with Gasteiger partial charge in [-0.05, 0) is 6.42 Å². The fourth-order valence-electron chi connectivity index (χ4n) is 2.17. The van der Waals surface area contributed by atoms with Crippen molar-refractivity contribution in [3.8, 4) is 0 Å². The van der Waals surface area contributed by atoms with E-state index < -0.39 is 0 Å². The molecule has 0 N–H and O–H groups in total. The summed E-state index contributed by atoms with van der Waals surface area (Å²) in [6, 6.07) is 0. The molecular weight excluding hydrogens is 240 g/mol. The predicted octanol–water partition coefficient (Wildman–Crippen LogP) is 4.64. The Morgan fingerprint density at radius 2 is 1.32 bits per heavy atom. The summed E-state index contributed by atoms with van der Waals surface area (Å²) in [4.78, 5) is 10.1. The third kappa shape index (κ3) is 12.6. The van der Waals surface area contributed by atoms with Crippen LogP contribution >= 0.6 is 0 Å². The second-order valence-electron chi connectivity index (χ2n) is 5.60. The maximum atomic E-state index is 5.09. The van der Waals surface area contributed by atoms with Crippen LogP contribution in [0.4, 0.5) is 0 Å². The van der Waals surface area contributed by atoms with Gasteiger partial charge in [0.2, 0.25) is 0 Å². The Kier molecular flexibility index (Phi) is 11.5. The highest BCUT2D eigenvalue weighted by Gasteiger charge is 2.22. The maximum absolute atomic E-state index is 5.09. The molecule has 3 heteroatoms. The first-order valence-corrected chi connectivity index (χ1v) is 8.29. The van der Waals surface area contributed by atoms with Crippen molar-refractivity contribution in [3.05, 3.63) is 0 Å². The van der Waals surface area contributed by atoms with Gasteiger partial charge in [0.05, 0.1) is 13.2 Å². The van der Waals surface area contributed by atoms with Crippen LogP contribution in [-0.4, -0.2) is 25.9 Å². The monoisotopic (exact) mass is 272 g/mol. The molecule has 0 aromatic heterocycles. The van der Waals surface area contributed by atoms with Gasteiger partial charge in [-0.3, -0.25) is 0 Å². The van der Waals surface area contributed by atoms with Crippen LogP contribution in [0.2, 0.25) is 0 Å². The zero-order valence-electron chi connectivity index (χ0n) is 12.7. The van der Waals surface area contributed by atoms with E-state index in [0.29, 0.717) is 12.7 Å². The van der Waals surface area contributed by atoms with Crippen LogP contribution in [0.1, 0.15) is 77.6 Å². The van der Waals surface area contributed by atoms with Crippen LogP contribution in [0.15, 0.2) is 0 Å². The van der Waals surface area contributed by atoms with E-state index in [1.165, 1.54) is 64.2 Å². The first-order valence-electron chi connectivity index (χ1n) is 8.29. The van der Waals surface area contributed by atoms with E-state index in [-0.39, 0.29) is 0 Å². The van der Waals surface area contributed by atoms with Crippen molar-refractivity contribution in [2.75, 3.05) is 19.8 Å². The quantitative estimate of drug-likeness (QED) is 0.188. The van der Waals surface area contributed by atoms with Crippen LogP contribution in [-0.2, 0) is 14.5 Å². The minimum atomic E-state index is 0.303. The number of hydrogen-bond donors (Lipinski definition) is 0. The first-order chi connectivity index (χ1) is 9.43. The van der Waals surface area contributed by atoms with E-state index in [4.69, 9.17) is 14.5 Å². The minimum absolute atomic E-state index is 0.303. The van der Waals surface area contributed by atoms with Crippen LogP contribution in [0, 0.1) is 0 Å². The molecule has 0 aliphatic carbocycles. The summed E-state index contributed by atoms with van der Waals surface area (Å²) in [6.07, 6.45) is 15.3. The van der Waals surface area contributed by atoms with Crippen molar-refractivity contribution in [1.82, 2.24) is 0 Å². The molecule has 1 aliphatic heterocycles. The fraction of sp³-hybridized carbons (Fsp3) is 1.00. The third-order valence-corrected chi connectivity index (χ3v) is 3.57. The molecule has 1 atom stereocenters. The zero-order chi connectivity index (χ0) is 13.6. The standard InChI is InChI=1S/C16H32O3/c1-2-3-4-5-6-7-8-9-10-11-12-13-18-19-15-16-14-17-16/h16H,2-15H2,1H3. The maximum Gasteiger partial charge on any atom is 0.111 e. The summed E-state index contributed by atoms with van der Waals surface area (Å²) in [6.45, 7) is 4.43. The summed E-state index contributed by atoms with van der Waals surface area (Å²) < 4.78 is 5.02. The molecule has 0 radical (unpaired) electrons. The minimum Gasteiger partial charge on any atom is -0.370 e.